The summed E-state index contributed by atoms with van der Waals surface area (Å²) in [7, 11) is 0. The second-order valence-electron chi connectivity index (χ2n) is 4.54. The maximum atomic E-state index is 11.9. The highest BCUT2D eigenvalue weighted by Crippen LogP contribution is 2.32. The molecule has 3 N–H and O–H groups in total. The van der Waals surface area contributed by atoms with Gasteiger partial charge in [0.05, 0.1) is 15.7 Å². The minimum Gasteiger partial charge on any atom is -0.399 e. The van der Waals surface area contributed by atoms with Gasteiger partial charge >= 0.3 is 0 Å². The van der Waals surface area contributed by atoms with E-state index in [4.69, 9.17) is 28.9 Å². The normalized spacial score (nSPS) is 10.8. The molecule has 2 aromatic rings. The van der Waals surface area contributed by atoms with Crippen LogP contribution in [0.1, 0.15) is 11.1 Å². The standard InChI is InChI=1S/C16H14Cl2N2O/c1-10-2-8-13(17)16(15(10)18)20-14(21)9-5-11-3-6-12(19)7-4-11/h2-9H,19H2,1H3,(H,20,21)/b9-5+. The Morgan fingerprint density at radius 2 is 1.81 bits per heavy atom. The van der Waals surface area contributed by atoms with E-state index in [1.54, 1.807) is 30.3 Å². The van der Waals surface area contributed by atoms with Crippen LogP contribution in [0.15, 0.2) is 42.5 Å². The van der Waals surface area contributed by atoms with Gasteiger partial charge in [0.2, 0.25) is 5.91 Å². The predicted octanol–water partition coefficient (Wildman–Crippen LogP) is 4.54. The molecule has 21 heavy (non-hydrogen) atoms. The average Bonchev–Trinajstić information content (AvgIpc) is 2.47. The fourth-order valence-corrected chi connectivity index (χ4v) is 2.18. The van der Waals surface area contributed by atoms with Gasteiger partial charge in [0.1, 0.15) is 0 Å². The van der Waals surface area contributed by atoms with Crippen LogP contribution in [0, 0.1) is 6.92 Å². The third-order valence-corrected chi connectivity index (χ3v) is 3.70. The summed E-state index contributed by atoms with van der Waals surface area (Å²) >= 11 is 12.2. The molecule has 0 heterocycles. The summed E-state index contributed by atoms with van der Waals surface area (Å²) < 4.78 is 0. The van der Waals surface area contributed by atoms with Crippen LogP contribution in [0.3, 0.4) is 0 Å². The van der Waals surface area contributed by atoms with Crippen LogP contribution in [-0.2, 0) is 4.79 Å². The highest BCUT2D eigenvalue weighted by atomic mass is 35.5. The summed E-state index contributed by atoms with van der Waals surface area (Å²) in [5.74, 6) is -0.304. The Kier molecular flexibility index (Phi) is 4.89. The van der Waals surface area contributed by atoms with Gasteiger partial charge in [-0.05, 0) is 42.3 Å². The van der Waals surface area contributed by atoms with Crippen LogP contribution >= 0.6 is 23.2 Å². The number of anilines is 2. The lowest BCUT2D eigenvalue weighted by Crippen LogP contribution is -2.09. The third-order valence-electron chi connectivity index (χ3n) is 2.90. The number of carbonyl (C=O) groups excluding carboxylic acids is 1. The average molecular weight is 321 g/mol. The molecule has 2 rings (SSSR count). The fraction of sp³-hybridized carbons (Fsp3) is 0.0625. The van der Waals surface area contributed by atoms with Gasteiger partial charge in [-0.2, -0.15) is 0 Å². The van der Waals surface area contributed by atoms with E-state index in [-0.39, 0.29) is 5.91 Å². The number of nitrogens with two attached hydrogens (primary N) is 1. The first-order chi connectivity index (χ1) is 9.97. The largest absolute Gasteiger partial charge is 0.399 e. The maximum Gasteiger partial charge on any atom is 0.248 e. The Morgan fingerprint density at radius 1 is 1.14 bits per heavy atom. The second kappa shape index (κ2) is 6.66. The van der Waals surface area contributed by atoms with Crippen molar-refractivity contribution in [3.8, 4) is 0 Å². The number of benzene rings is 2. The number of aryl methyl sites for hydroxylation is 1. The summed E-state index contributed by atoms with van der Waals surface area (Å²) in [4.78, 5) is 11.9. The quantitative estimate of drug-likeness (QED) is 0.644. The molecular weight excluding hydrogens is 307 g/mol. The van der Waals surface area contributed by atoms with Crippen LogP contribution in [0.4, 0.5) is 11.4 Å². The minimum absolute atomic E-state index is 0.304. The molecule has 5 heteroatoms. The predicted molar refractivity (Wildman–Crippen MR) is 89.7 cm³/mol. The van der Waals surface area contributed by atoms with Crippen molar-refractivity contribution in [2.75, 3.05) is 11.1 Å². The molecule has 0 radical (unpaired) electrons. The molecular formula is C16H14Cl2N2O. The van der Waals surface area contributed by atoms with Crippen molar-refractivity contribution in [2.45, 2.75) is 6.92 Å². The van der Waals surface area contributed by atoms with E-state index in [2.05, 4.69) is 5.32 Å². The Bertz CT molecular complexity index is 694. The molecule has 0 atom stereocenters. The Balaban J connectivity index is 2.12. The van der Waals surface area contributed by atoms with Crippen LogP contribution in [0.25, 0.3) is 6.08 Å². The topological polar surface area (TPSA) is 55.1 Å². The van der Waals surface area contributed by atoms with Crippen molar-refractivity contribution in [1.29, 1.82) is 0 Å². The molecule has 2 aromatic carbocycles. The van der Waals surface area contributed by atoms with Crippen molar-refractivity contribution in [2.24, 2.45) is 0 Å². The number of nitrogens with one attached hydrogen (secondary N) is 1. The molecule has 0 aliphatic carbocycles. The van der Waals surface area contributed by atoms with E-state index in [9.17, 15) is 4.79 Å². The lowest BCUT2D eigenvalue weighted by atomic mass is 10.2. The zero-order valence-electron chi connectivity index (χ0n) is 11.4. The Morgan fingerprint density at radius 3 is 2.48 bits per heavy atom. The maximum absolute atomic E-state index is 11.9. The molecule has 0 saturated carbocycles. The summed E-state index contributed by atoms with van der Waals surface area (Å²) in [6.07, 6.45) is 3.10. The molecule has 0 saturated heterocycles. The summed E-state index contributed by atoms with van der Waals surface area (Å²) in [5.41, 5.74) is 8.42. The van der Waals surface area contributed by atoms with Crippen LogP contribution in [0.2, 0.25) is 10.0 Å². The first kappa shape index (κ1) is 15.4. The molecule has 1 amide bonds. The van der Waals surface area contributed by atoms with Crippen molar-refractivity contribution < 1.29 is 4.79 Å². The Labute approximate surface area is 133 Å². The molecule has 0 aliphatic heterocycles. The molecule has 0 spiro atoms. The first-order valence-electron chi connectivity index (χ1n) is 6.26. The zero-order valence-corrected chi connectivity index (χ0v) is 12.9. The monoisotopic (exact) mass is 320 g/mol. The second-order valence-corrected chi connectivity index (χ2v) is 5.33. The summed E-state index contributed by atoms with van der Waals surface area (Å²) in [5, 5.41) is 3.53. The number of amides is 1. The van der Waals surface area contributed by atoms with Crippen molar-refractivity contribution in [1.82, 2.24) is 0 Å². The van der Waals surface area contributed by atoms with E-state index in [0.717, 1.165) is 11.1 Å². The number of halogens is 2. The van der Waals surface area contributed by atoms with Gasteiger partial charge in [-0.1, -0.05) is 41.4 Å². The highest BCUT2D eigenvalue weighted by Gasteiger charge is 2.10. The third kappa shape index (κ3) is 4.00. The van der Waals surface area contributed by atoms with Gasteiger partial charge < -0.3 is 11.1 Å². The van der Waals surface area contributed by atoms with Gasteiger partial charge in [-0.25, -0.2) is 0 Å². The van der Waals surface area contributed by atoms with E-state index >= 15 is 0 Å². The van der Waals surface area contributed by atoms with Gasteiger partial charge in [0.15, 0.2) is 0 Å². The summed E-state index contributed by atoms with van der Waals surface area (Å²) in [6.45, 7) is 1.85. The SMILES string of the molecule is Cc1ccc(Cl)c(NC(=O)/C=C/c2ccc(N)cc2)c1Cl. The van der Waals surface area contributed by atoms with Crippen molar-refractivity contribution in [3.63, 3.8) is 0 Å². The number of hydrogen-bond donors (Lipinski definition) is 2. The molecule has 0 aliphatic rings. The molecule has 108 valence electrons. The molecule has 3 nitrogen and oxygen atoms in total. The molecule has 0 unspecified atom stereocenters. The van der Waals surface area contributed by atoms with Crippen molar-refractivity contribution >= 4 is 46.6 Å². The molecule has 0 fully saturated rings. The van der Waals surface area contributed by atoms with Gasteiger partial charge in [-0.3, -0.25) is 4.79 Å². The van der Waals surface area contributed by atoms with E-state index in [1.165, 1.54) is 6.08 Å². The number of rotatable bonds is 3. The van der Waals surface area contributed by atoms with Crippen LogP contribution in [0.5, 0.6) is 0 Å². The van der Waals surface area contributed by atoms with Gasteiger partial charge in [-0.15, -0.1) is 0 Å². The van der Waals surface area contributed by atoms with Crippen LogP contribution in [-0.4, -0.2) is 5.91 Å². The lowest BCUT2D eigenvalue weighted by molar-refractivity contribution is -0.111. The molecule has 0 bridgehead atoms. The summed E-state index contributed by atoms with van der Waals surface area (Å²) in [6, 6.07) is 10.7. The van der Waals surface area contributed by atoms with Crippen LogP contribution < -0.4 is 11.1 Å². The highest BCUT2D eigenvalue weighted by molar-refractivity contribution is 6.40. The number of hydrogen-bond acceptors (Lipinski definition) is 2. The minimum atomic E-state index is -0.304. The first-order valence-corrected chi connectivity index (χ1v) is 7.02. The Hall–Kier alpha value is -1.97. The molecule has 0 aromatic heterocycles. The number of carbonyl (C=O) groups is 1. The zero-order chi connectivity index (χ0) is 15.4. The van der Waals surface area contributed by atoms with Crippen molar-refractivity contribution in [3.05, 3.63) is 63.6 Å². The van der Waals surface area contributed by atoms with E-state index < -0.39 is 0 Å². The lowest BCUT2D eigenvalue weighted by Gasteiger charge is -2.09. The smallest absolute Gasteiger partial charge is 0.248 e. The van der Waals surface area contributed by atoms with E-state index in [0.29, 0.717) is 21.4 Å². The fourth-order valence-electron chi connectivity index (χ4n) is 1.72. The van der Waals surface area contributed by atoms with Gasteiger partial charge in [0.25, 0.3) is 0 Å². The number of nitrogen functional groups attached to an aromatic ring is 1. The van der Waals surface area contributed by atoms with Gasteiger partial charge in [0, 0.05) is 11.8 Å². The van der Waals surface area contributed by atoms with E-state index in [1.807, 2.05) is 19.1 Å².